The summed E-state index contributed by atoms with van der Waals surface area (Å²) in [6, 6.07) is 20.5. The van der Waals surface area contributed by atoms with Crippen molar-refractivity contribution in [3.8, 4) is 17.2 Å². The van der Waals surface area contributed by atoms with Gasteiger partial charge >= 0.3 is 0 Å². The lowest BCUT2D eigenvalue weighted by molar-refractivity contribution is 0.105. The number of carbonyl (C=O) groups excluding carboxylic acids is 1. The molecule has 0 N–H and O–H groups in total. The molecule has 0 atom stereocenters. The third kappa shape index (κ3) is 4.50. The van der Waals surface area contributed by atoms with E-state index in [9.17, 15) is 4.79 Å². The fraction of sp³-hybridized carbons (Fsp3) is 0.154. The highest BCUT2D eigenvalue weighted by Gasteiger charge is 2.20. The second kappa shape index (κ2) is 9.66. The van der Waals surface area contributed by atoms with Crippen LogP contribution in [0.3, 0.4) is 0 Å². The molecule has 0 fully saturated rings. The van der Waals surface area contributed by atoms with Crippen molar-refractivity contribution in [3.05, 3.63) is 82.9 Å². The first kappa shape index (κ1) is 21.6. The molecule has 0 spiro atoms. The molecule has 5 nitrogen and oxygen atoms in total. The van der Waals surface area contributed by atoms with Crippen molar-refractivity contribution in [1.29, 1.82) is 0 Å². The Hall–Kier alpha value is -3.64. The largest absolute Gasteiger partial charge is 0.497 e. The topological polar surface area (TPSA) is 57.7 Å². The van der Waals surface area contributed by atoms with Crippen molar-refractivity contribution in [2.24, 2.45) is 0 Å². The van der Waals surface area contributed by atoms with Crippen LogP contribution in [0.2, 0.25) is 0 Å². The van der Waals surface area contributed by atoms with E-state index in [0.29, 0.717) is 34.3 Å². The summed E-state index contributed by atoms with van der Waals surface area (Å²) in [6.45, 7) is 2.49. The van der Waals surface area contributed by atoms with Crippen LogP contribution in [-0.4, -0.2) is 31.6 Å². The van der Waals surface area contributed by atoms with Gasteiger partial charge in [-0.2, -0.15) is 0 Å². The second-order valence-corrected chi connectivity index (χ2v) is 7.97. The maximum atomic E-state index is 13.6. The van der Waals surface area contributed by atoms with Crippen molar-refractivity contribution in [2.45, 2.75) is 6.92 Å². The normalized spacial score (nSPS) is 11.4. The molecule has 0 aliphatic heterocycles. The van der Waals surface area contributed by atoms with E-state index in [2.05, 4.69) is 0 Å². The quantitative estimate of drug-likeness (QED) is 0.241. The molecular formula is C26H23NO4S. The lowest BCUT2D eigenvalue weighted by Gasteiger charge is -2.10. The molecule has 0 saturated heterocycles. The zero-order valence-corrected chi connectivity index (χ0v) is 18.9. The number of para-hydroxylation sites is 1. The Morgan fingerprint density at radius 3 is 2.41 bits per heavy atom. The van der Waals surface area contributed by atoms with Crippen LogP contribution in [0, 0.1) is 0 Å². The van der Waals surface area contributed by atoms with E-state index in [1.54, 1.807) is 38.5 Å². The lowest BCUT2D eigenvalue weighted by Crippen LogP contribution is -2.03. The van der Waals surface area contributed by atoms with Crippen LogP contribution in [0.5, 0.6) is 17.2 Å². The molecule has 1 heterocycles. The number of carbonyl (C=O) groups is 1. The summed E-state index contributed by atoms with van der Waals surface area (Å²) in [7, 11) is 3.21. The molecule has 32 heavy (non-hydrogen) atoms. The Bertz CT molecular complexity index is 1240. The number of hydrogen-bond acceptors (Lipinski definition) is 6. The van der Waals surface area contributed by atoms with Gasteiger partial charge < -0.3 is 14.2 Å². The summed E-state index contributed by atoms with van der Waals surface area (Å²) in [4.78, 5) is 18.4. The number of benzene rings is 3. The molecule has 3 aromatic carbocycles. The minimum atomic E-state index is -0.128. The summed E-state index contributed by atoms with van der Waals surface area (Å²) >= 11 is 1.49. The number of ketones is 1. The van der Waals surface area contributed by atoms with E-state index in [4.69, 9.17) is 19.2 Å². The van der Waals surface area contributed by atoms with Crippen LogP contribution in [-0.2, 0) is 0 Å². The summed E-state index contributed by atoms with van der Waals surface area (Å²) in [5, 5.41) is 0.648. The van der Waals surface area contributed by atoms with Gasteiger partial charge in [0.05, 0.1) is 36.6 Å². The number of ether oxygens (including phenoxy) is 3. The molecule has 0 aliphatic rings. The van der Waals surface area contributed by atoms with E-state index in [1.165, 1.54) is 11.3 Å². The number of fused-ring (bicyclic) bond motifs is 1. The van der Waals surface area contributed by atoms with E-state index >= 15 is 0 Å². The van der Waals surface area contributed by atoms with Crippen molar-refractivity contribution < 1.29 is 19.0 Å². The number of methoxy groups -OCH3 is 2. The summed E-state index contributed by atoms with van der Waals surface area (Å²) in [5.74, 6) is 1.92. The summed E-state index contributed by atoms with van der Waals surface area (Å²) < 4.78 is 17.4. The highest BCUT2D eigenvalue weighted by Crippen LogP contribution is 2.34. The van der Waals surface area contributed by atoms with E-state index < -0.39 is 0 Å². The van der Waals surface area contributed by atoms with Crippen molar-refractivity contribution in [3.63, 3.8) is 0 Å². The van der Waals surface area contributed by atoms with Crippen LogP contribution in [0.25, 0.3) is 21.9 Å². The number of aromatic nitrogens is 1. The number of hydrogen-bond donors (Lipinski definition) is 0. The first-order valence-corrected chi connectivity index (χ1v) is 11.0. The SMILES string of the molecule is CCOc1ccc(C(=O)/C(=C\c2cc(OC)ccc2OC)c2nc3ccccc3s2)cc1. The van der Waals surface area contributed by atoms with E-state index in [0.717, 1.165) is 21.5 Å². The highest BCUT2D eigenvalue weighted by atomic mass is 32.1. The molecule has 4 rings (SSSR count). The van der Waals surface area contributed by atoms with Crippen LogP contribution in [0.4, 0.5) is 0 Å². The summed E-state index contributed by atoms with van der Waals surface area (Å²) in [6.07, 6.45) is 1.82. The van der Waals surface area contributed by atoms with Gasteiger partial charge in [-0.25, -0.2) is 4.98 Å². The zero-order chi connectivity index (χ0) is 22.5. The van der Waals surface area contributed by atoms with Gasteiger partial charge in [-0.1, -0.05) is 12.1 Å². The van der Waals surface area contributed by atoms with Crippen molar-refractivity contribution in [2.75, 3.05) is 20.8 Å². The third-order valence-corrected chi connectivity index (χ3v) is 6.00. The van der Waals surface area contributed by atoms with Gasteiger partial charge in [0.1, 0.15) is 22.3 Å². The average Bonchev–Trinajstić information content (AvgIpc) is 3.26. The lowest BCUT2D eigenvalue weighted by atomic mass is 10.0. The monoisotopic (exact) mass is 445 g/mol. The van der Waals surface area contributed by atoms with Crippen LogP contribution >= 0.6 is 11.3 Å². The van der Waals surface area contributed by atoms with Gasteiger partial charge in [-0.3, -0.25) is 4.79 Å². The van der Waals surface area contributed by atoms with Gasteiger partial charge in [-0.15, -0.1) is 11.3 Å². The fourth-order valence-electron chi connectivity index (χ4n) is 3.34. The maximum absolute atomic E-state index is 13.6. The van der Waals surface area contributed by atoms with Gasteiger partial charge in [0.25, 0.3) is 0 Å². The Labute approximate surface area is 190 Å². The molecule has 1 aromatic heterocycles. The van der Waals surface area contributed by atoms with Crippen LogP contribution < -0.4 is 14.2 Å². The molecule has 0 amide bonds. The average molecular weight is 446 g/mol. The summed E-state index contributed by atoms with van der Waals surface area (Å²) in [5.41, 5.74) is 2.64. The minimum Gasteiger partial charge on any atom is -0.497 e. The standard InChI is InChI=1S/C26H23NO4S/c1-4-31-19-11-9-17(10-12-19)25(28)21(26-27-22-7-5-6-8-24(22)32-26)16-18-15-20(29-2)13-14-23(18)30-3/h5-16H,4H2,1-3H3/b21-16+. The molecule has 0 aliphatic carbocycles. The van der Waals surface area contributed by atoms with E-state index in [-0.39, 0.29) is 5.78 Å². The predicted molar refractivity (Wildman–Crippen MR) is 129 cm³/mol. The second-order valence-electron chi connectivity index (χ2n) is 6.94. The molecule has 4 aromatic rings. The third-order valence-electron chi connectivity index (χ3n) is 4.93. The molecule has 6 heteroatoms. The minimum absolute atomic E-state index is 0.128. The number of rotatable bonds is 8. The molecule has 0 saturated carbocycles. The van der Waals surface area contributed by atoms with Crippen molar-refractivity contribution in [1.82, 2.24) is 4.98 Å². The smallest absolute Gasteiger partial charge is 0.196 e. The predicted octanol–water partition coefficient (Wildman–Crippen LogP) is 6.14. The first-order valence-electron chi connectivity index (χ1n) is 10.2. The van der Waals surface area contributed by atoms with Gasteiger partial charge in [0.15, 0.2) is 5.78 Å². The fourth-order valence-corrected chi connectivity index (χ4v) is 4.32. The number of nitrogens with zero attached hydrogens (tertiary/aromatic N) is 1. The Morgan fingerprint density at radius 2 is 1.72 bits per heavy atom. The molecule has 162 valence electrons. The maximum Gasteiger partial charge on any atom is 0.196 e. The van der Waals surface area contributed by atoms with Crippen molar-refractivity contribution >= 4 is 39.0 Å². The highest BCUT2D eigenvalue weighted by molar-refractivity contribution is 7.20. The number of Topliss-reactive ketones (excluding diaryl/α,β-unsaturated/α-hetero) is 1. The Morgan fingerprint density at radius 1 is 0.969 bits per heavy atom. The van der Waals surface area contributed by atoms with Gasteiger partial charge in [0.2, 0.25) is 0 Å². The van der Waals surface area contributed by atoms with Crippen LogP contribution in [0.1, 0.15) is 27.9 Å². The molecular weight excluding hydrogens is 422 g/mol. The van der Waals surface area contributed by atoms with Gasteiger partial charge in [0, 0.05) is 11.1 Å². The van der Waals surface area contributed by atoms with Crippen LogP contribution in [0.15, 0.2) is 66.7 Å². The zero-order valence-electron chi connectivity index (χ0n) is 18.1. The molecule has 0 unspecified atom stereocenters. The number of allylic oxidation sites excluding steroid dienone is 1. The van der Waals surface area contributed by atoms with Gasteiger partial charge in [-0.05, 0) is 67.6 Å². The first-order chi connectivity index (χ1) is 15.6. The van der Waals surface area contributed by atoms with E-state index in [1.807, 2.05) is 55.5 Å². The Balaban J connectivity index is 1.85. The number of thiazole rings is 1. The molecule has 0 radical (unpaired) electrons. The molecule has 0 bridgehead atoms. The Kier molecular flexibility index (Phi) is 6.52.